The minimum absolute atomic E-state index is 0. The average Bonchev–Trinajstić information content (AvgIpc) is 1.20. The van der Waals surface area contributed by atoms with E-state index in [9.17, 15) is 59.4 Å². The Morgan fingerprint density at radius 2 is 0.205 bits per heavy atom. The number of hydrogen-bond acceptors (Lipinski definition) is 12. The van der Waals surface area contributed by atoms with E-state index in [0.717, 1.165) is 116 Å². The zero-order valence-electron chi connectivity index (χ0n) is 81.4. The number of carboxylic acid groups (broad SMARTS) is 6. The Morgan fingerprint density at radius 1 is 0.131 bits per heavy atom. The van der Waals surface area contributed by atoms with Crippen LogP contribution in [0, 0.1) is 0 Å². The molecule has 0 aromatic heterocycles. The summed E-state index contributed by atoms with van der Waals surface area (Å²) in [7, 11) is 0. The van der Waals surface area contributed by atoms with Crippen molar-refractivity contribution >= 4 is 75.4 Å². The van der Waals surface area contributed by atoms with Gasteiger partial charge in [0, 0.05) is 35.8 Å². The van der Waals surface area contributed by atoms with E-state index in [1.54, 1.807) is 0 Å². The Hall–Kier alpha value is -3.47. The molecule has 0 aliphatic carbocycles. The number of rotatable bonds is 90. The third-order valence-corrected chi connectivity index (χ3v) is 21.9. The Bertz CT molecular complexity index is 1800. The van der Waals surface area contributed by atoms with Crippen molar-refractivity contribution < 1.29 is 59.4 Å². The number of aliphatic carboxylic acids is 6. The fourth-order valence-corrected chi connectivity index (χ4v) is 14.0. The van der Waals surface area contributed by atoms with Crippen molar-refractivity contribution in [2.24, 2.45) is 0 Å². The summed E-state index contributed by atoms with van der Waals surface area (Å²) in [6.45, 7) is 13.5. The largest absolute Gasteiger partial charge is 3.00 e. The van der Waals surface area contributed by atoms with Gasteiger partial charge >= 0.3 is 39.6 Å². The molecule has 0 saturated heterocycles. The van der Waals surface area contributed by atoms with Crippen molar-refractivity contribution in [1.29, 1.82) is 0 Å². The second-order valence-corrected chi connectivity index (χ2v) is 34.2. The number of hydrogen-bond donors (Lipinski definition) is 0. The van der Waals surface area contributed by atoms with Gasteiger partial charge in [-0.3, -0.25) is 0 Å². The predicted molar refractivity (Wildman–Crippen MR) is 518 cm³/mol. The molecule has 12 nitrogen and oxygen atoms in total. The zero-order chi connectivity index (χ0) is 89.3. The molecule has 708 valence electrons. The second kappa shape index (κ2) is 131. The minimum atomic E-state index is -0.914. The Balaban J connectivity index is -0.000000212. The topological polar surface area (TPSA) is 241 Å². The molecule has 0 bridgehead atoms. The molecule has 0 saturated carbocycles. The summed E-state index contributed by atoms with van der Waals surface area (Å²) in [5, 5.41) is 61.3. The van der Waals surface area contributed by atoms with Crippen LogP contribution in [0.1, 0.15) is 581 Å². The molecule has 0 radical (unpaired) electrons. The van der Waals surface area contributed by atoms with Gasteiger partial charge in [-0.15, -0.1) is 0 Å². The van der Waals surface area contributed by atoms with E-state index in [4.69, 9.17) is 0 Å². The zero-order valence-corrected chi connectivity index (χ0v) is 86.2. The SMILES string of the molecule is CCCCCCCC/C=C\CCCCCCCC(=O)[O-].CCCCCCCC/C=C\CCCCCCCC(=O)[O-].CCCCCCCC/C=C\CCCCCCCC(=O)[O-].CCCCCCCC/C=C\CCCCCCCC(=O)[O-].CCCCCCCC/C=C\CCCCCCCC(=O)[O-].CCCCCCCC/C=C\CCCCCCCC(=O)[O-].[Ga+3].[Ga+3]. The van der Waals surface area contributed by atoms with E-state index in [0.29, 0.717) is 0 Å². The number of unbranched alkanes of at least 4 members (excludes halogenated alkanes) is 66. The van der Waals surface area contributed by atoms with Crippen LogP contribution in [0.2, 0.25) is 0 Å². The molecule has 0 amide bonds. The van der Waals surface area contributed by atoms with Gasteiger partial charge in [-0.05, 0) is 231 Å². The van der Waals surface area contributed by atoms with E-state index in [1.807, 2.05) is 0 Å². The van der Waals surface area contributed by atoms with E-state index in [1.165, 1.54) is 385 Å². The molecule has 0 unspecified atom stereocenters. The number of carboxylic acids is 6. The van der Waals surface area contributed by atoms with Crippen LogP contribution < -0.4 is 30.6 Å². The summed E-state index contributed by atoms with van der Waals surface area (Å²) in [5.41, 5.74) is 0. The first kappa shape index (κ1) is 134. The number of carbonyl (C=O) groups excluding carboxylic acids is 6. The van der Waals surface area contributed by atoms with Gasteiger partial charge in [-0.25, -0.2) is 0 Å². The van der Waals surface area contributed by atoms with Crippen molar-refractivity contribution in [2.75, 3.05) is 0 Å². The number of allylic oxidation sites excluding steroid dienone is 12. The van der Waals surface area contributed by atoms with Gasteiger partial charge in [0.15, 0.2) is 0 Å². The molecule has 0 aromatic rings. The first-order valence-corrected chi connectivity index (χ1v) is 51.7. The normalized spacial score (nSPS) is 11.1. The molecular formula is C108H198Ga2O12. The first-order chi connectivity index (χ1) is 58.6. The Morgan fingerprint density at radius 3 is 0.287 bits per heavy atom. The van der Waals surface area contributed by atoms with E-state index in [2.05, 4.69) is 114 Å². The van der Waals surface area contributed by atoms with Crippen molar-refractivity contribution in [2.45, 2.75) is 581 Å². The van der Waals surface area contributed by atoms with Crippen LogP contribution in [-0.2, 0) is 28.8 Å². The van der Waals surface area contributed by atoms with Crippen LogP contribution in [0.15, 0.2) is 72.9 Å². The summed E-state index contributed by atoms with van der Waals surface area (Å²) in [4.78, 5) is 61.3. The van der Waals surface area contributed by atoms with Crippen molar-refractivity contribution in [3.8, 4) is 0 Å². The van der Waals surface area contributed by atoms with Crippen LogP contribution in [0.3, 0.4) is 0 Å². The van der Waals surface area contributed by atoms with Gasteiger partial charge in [0.25, 0.3) is 0 Å². The van der Waals surface area contributed by atoms with Gasteiger partial charge in [0.2, 0.25) is 0 Å². The molecule has 0 aliphatic rings. The van der Waals surface area contributed by atoms with Gasteiger partial charge in [0.1, 0.15) is 0 Å². The van der Waals surface area contributed by atoms with E-state index < -0.39 is 35.8 Å². The van der Waals surface area contributed by atoms with Crippen molar-refractivity contribution in [1.82, 2.24) is 0 Å². The molecule has 0 atom stereocenters. The third kappa shape index (κ3) is 160. The molecule has 0 aliphatic heterocycles. The van der Waals surface area contributed by atoms with Gasteiger partial charge < -0.3 is 59.4 Å². The van der Waals surface area contributed by atoms with Gasteiger partial charge in [-0.2, -0.15) is 0 Å². The molecule has 14 heteroatoms. The van der Waals surface area contributed by atoms with E-state index in [-0.39, 0.29) is 78.1 Å². The maximum atomic E-state index is 10.2. The van der Waals surface area contributed by atoms with Crippen LogP contribution in [-0.4, -0.2) is 75.4 Å². The molecule has 0 rings (SSSR count). The summed E-state index contributed by atoms with van der Waals surface area (Å²) in [6, 6.07) is 0. The van der Waals surface area contributed by atoms with Crippen LogP contribution in [0.5, 0.6) is 0 Å². The van der Waals surface area contributed by atoms with E-state index >= 15 is 0 Å². The molecular weight excluding hydrogens is 1630 g/mol. The fraction of sp³-hybridized carbons (Fsp3) is 0.833. The van der Waals surface area contributed by atoms with Crippen molar-refractivity contribution in [3.05, 3.63) is 72.9 Å². The first-order valence-electron chi connectivity index (χ1n) is 51.7. The third-order valence-electron chi connectivity index (χ3n) is 21.9. The molecule has 0 fully saturated rings. The standard InChI is InChI=1S/6C18H34O2.2Ga/c6*1-2-3-4-5-6-7-8-9-10-11-12-13-14-15-16-17-18(19)20;;/h6*9-10H,2-8,11-17H2,1H3,(H,19,20);;/q;;;;;;2*+3/p-6/b6*10-9-;;. The summed E-state index contributed by atoms with van der Waals surface area (Å²) in [6.07, 6.45) is 125. The quantitative estimate of drug-likeness (QED) is 0.0314. The summed E-state index contributed by atoms with van der Waals surface area (Å²) < 4.78 is 0. The maximum absolute atomic E-state index is 10.2. The monoisotopic (exact) mass is 1830 g/mol. The van der Waals surface area contributed by atoms with Crippen LogP contribution in [0.4, 0.5) is 0 Å². The molecule has 0 spiro atoms. The average molecular weight is 1830 g/mol. The number of carbonyl (C=O) groups is 6. The summed E-state index contributed by atoms with van der Waals surface area (Å²) in [5.74, 6) is -5.49. The van der Waals surface area contributed by atoms with Crippen LogP contribution >= 0.6 is 0 Å². The minimum Gasteiger partial charge on any atom is -0.550 e. The predicted octanol–water partition coefficient (Wildman–Crippen LogP) is 27.9. The fourth-order valence-electron chi connectivity index (χ4n) is 14.0. The summed E-state index contributed by atoms with van der Waals surface area (Å²) >= 11 is 0. The van der Waals surface area contributed by atoms with Crippen molar-refractivity contribution in [3.63, 3.8) is 0 Å². The Labute approximate surface area is 783 Å². The van der Waals surface area contributed by atoms with Crippen LogP contribution in [0.25, 0.3) is 0 Å². The Kier molecular flexibility index (Phi) is 144. The maximum Gasteiger partial charge on any atom is 3.00 e. The van der Waals surface area contributed by atoms with Gasteiger partial charge in [0.05, 0.1) is 0 Å². The second-order valence-electron chi connectivity index (χ2n) is 34.2. The smallest absolute Gasteiger partial charge is 0.550 e. The molecule has 0 N–H and O–H groups in total. The van der Waals surface area contributed by atoms with Gasteiger partial charge in [-0.1, -0.05) is 423 Å². The molecule has 0 aromatic carbocycles. The molecule has 122 heavy (non-hydrogen) atoms. The molecule has 0 heterocycles.